The van der Waals surface area contributed by atoms with Crippen LogP contribution in [0.2, 0.25) is 0 Å². The lowest BCUT2D eigenvalue weighted by molar-refractivity contribution is -0.445. The minimum atomic E-state index is -4.00. The molecule has 0 unspecified atom stereocenters. The van der Waals surface area contributed by atoms with Gasteiger partial charge in [-0.2, -0.15) is 18.4 Å². The van der Waals surface area contributed by atoms with E-state index in [0.717, 1.165) is 7.05 Å². The maximum atomic E-state index is 10.4. The standard InChI is InChI=1S/C5H12.C2H3F3.C2H3N.C2H6O.2C2H6.CH3NO2.CH5N.5CH4/c1-5(2,3)4;1-2(3,4)5;1-2-3;1-3-2;2*1-2;1-2(3)4;1-2;;;;;/h1-4H3;1H3;1H3;1-2H3;2*1-2H3;1H3;2H2,1H3;5*1H4. The van der Waals surface area contributed by atoms with E-state index in [9.17, 15) is 13.2 Å². The average molecular weight is 476 g/mol. The van der Waals surface area contributed by atoms with Crippen molar-refractivity contribution in [2.45, 2.75) is 113 Å². The molecule has 6 nitrogen and oxygen atoms in total. The summed E-state index contributed by atoms with van der Waals surface area (Å²) in [5, 5.41) is 16.1. The fourth-order valence-corrected chi connectivity index (χ4v) is 0. The van der Waals surface area contributed by atoms with Crippen molar-refractivity contribution in [1.29, 1.82) is 5.26 Å². The highest BCUT2D eigenvalue weighted by Crippen LogP contribution is 2.10. The van der Waals surface area contributed by atoms with Crippen LogP contribution in [0.5, 0.6) is 0 Å². The molecule has 0 spiro atoms. The Morgan fingerprint density at radius 2 is 0.839 bits per heavy atom. The van der Waals surface area contributed by atoms with E-state index in [-0.39, 0.29) is 44.1 Å². The maximum Gasteiger partial charge on any atom is 0.386 e. The molecule has 0 aromatic heterocycles. The van der Waals surface area contributed by atoms with Crippen LogP contribution in [0.3, 0.4) is 0 Å². The van der Waals surface area contributed by atoms with Crippen molar-refractivity contribution >= 4 is 0 Å². The van der Waals surface area contributed by atoms with E-state index >= 15 is 0 Å². The summed E-state index contributed by atoms with van der Waals surface area (Å²) in [4.78, 5) is 8.31. The number of nitrogens with zero attached hydrogens (tertiary/aromatic N) is 2. The Morgan fingerprint density at radius 3 is 0.839 bits per heavy atom. The Bertz CT molecular complexity index is 213. The highest BCUT2D eigenvalue weighted by molar-refractivity contribution is 4.51. The molecule has 9 heteroatoms. The van der Waals surface area contributed by atoms with Crippen molar-refractivity contribution in [1.82, 2.24) is 0 Å². The van der Waals surface area contributed by atoms with Crippen molar-refractivity contribution < 1.29 is 22.8 Å². The number of hydrogen-bond donors (Lipinski definition) is 1. The Labute approximate surface area is 196 Å². The smallest absolute Gasteiger partial charge is 0.386 e. The number of methoxy groups -OCH3 is 1. The summed E-state index contributed by atoms with van der Waals surface area (Å²) in [5.74, 6) is 0. The molecule has 0 aromatic carbocycles. The molecule has 0 amide bonds. The number of halogens is 3. The Hall–Kier alpha value is -1.40. The number of ether oxygens (including phenoxy) is 1. The zero-order chi connectivity index (χ0) is 24.0. The normalized spacial score (nSPS) is 6.10. The molecule has 0 aliphatic heterocycles. The molecule has 0 fully saturated rings. The van der Waals surface area contributed by atoms with Crippen molar-refractivity contribution in [3.05, 3.63) is 10.1 Å². The summed E-state index contributed by atoms with van der Waals surface area (Å²) in [7, 11) is 5.64. The maximum absolute atomic E-state index is 10.4. The van der Waals surface area contributed by atoms with Crippen molar-refractivity contribution in [3.63, 3.8) is 0 Å². The molecule has 0 aromatic rings. The molecular formula is C22H64F3N3O3. The van der Waals surface area contributed by atoms with Gasteiger partial charge in [-0.3, -0.25) is 10.1 Å². The Kier molecular flexibility index (Phi) is 254. The molecule has 0 saturated carbocycles. The fraction of sp³-hybridized carbons (Fsp3) is 0.955. The van der Waals surface area contributed by atoms with E-state index in [4.69, 9.17) is 15.4 Å². The monoisotopic (exact) mass is 475 g/mol. The van der Waals surface area contributed by atoms with Gasteiger partial charge in [-0.1, -0.05) is 92.5 Å². The molecule has 206 valence electrons. The molecular weight excluding hydrogens is 411 g/mol. The second-order valence-electron chi connectivity index (χ2n) is 4.85. The minimum Gasteiger partial charge on any atom is -0.388 e. The largest absolute Gasteiger partial charge is 0.388 e. The second-order valence-corrected chi connectivity index (χ2v) is 4.85. The third kappa shape index (κ3) is 10300. The second kappa shape index (κ2) is 89.5. The summed E-state index contributed by atoms with van der Waals surface area (Å²) in [6, 6.07) is 1.75. The van der Waals surface area contributed by atoms with Gasteiger partial charge in [0.2, 0.25) is 0 Å². The summed E-state index contributed by atoms with van der Waals surface area (Å²) in [5.41, 5.74) is 5.00. The minimum absolute atomic E-state index is 0. The number of nitriles is 1. The van der Waals surface area contributed by atoms with E-state index in [2.05, 4.69) is 38.2 Å². The van der Waals surface area contributed by atoms with E-state index < -0.39 is 11.1 Å². The van der Waals surface area contributed by atoms with Gasteiger partial charge in [-0.05, 0) is 12.5 Å². The first-order chi connectivity index (χ1) is 11.6. The average Bonchev–Trinajstić information content (AvgIpc) is 2.42. The first-order valence-corrected chi connectivity index (χ1v) is 8.00. The molecule has 0 heterocycles. The van der Waals surface area contributed by atoms with Crippen LogP contribution in [-0.4, -0.2) is 39.4 Å². The van der Waals surface area contributed by atoms with Crippen LogP contribution >= 0.6 is 0 Å². The zero-order valence-electron chi connectivity index (χ0n) is 19.3. The lowest BCUT2D eigenvalue weighted by Gasteiger charge is -2.05. The Balaban J connectivity index is -0.0000000109. The number of nitro groups is 1. The van der Waals surface area contributed by atoms with E-state index in [1.807, 2.05) is 27.7 Å². The first kappa shape index (κ1) is 87.9. The summed E-state index contributed by atoms with van der Waals surface area (Å²) in [6.45, 7) is 18.4. The van der Waals surface area contributed by atoms with Gasteiger partial charge >= 0.3 is 6.18 Å². The lowest BCUT2D eigenvalue weighted by atomic mass is 10.0. The summed E-state index contributed by atoms with van der Waals surface area (Å²) < 4.78 is 35.3. The molecule has 0 bridgehead atoms. The van der Waals surface area contributed by atoms with Crippen molar-refractivity contribution in [3.8, 4) is 6.07 Å². The van der Waals surface area contributed by atoms with Crippen LogP contribution in [0.1, 0.15) is 106 Å². The van der Waals surface area contributed by atoms with E-state index in [1.54, 1.807) is 20.3 Å². The quantitative estimate of drug-likeness (QED) is 0.278. The number of nitrogens with two attached hydrogens (primary N) is 1. The lowest BCUT2D eigenvalue weighted by Crippen LogP contribution is -1.95. The first-order valence-electron chi connectivity index (χ1n) is 8.00. The number of rotatable bonds is 0. The van der Waals surface area contributed by atoms with Crippen LogP contribution < -0.4 is 5.73 Å². The van der Waals surface area contributed by atoms with Crippen molar-refractivity contribution in [2.24, 2.45) is 11.1 Å². The molecule has 0 rings (SSSR count). The molecule has 2 N–H and O–H groups in total. The zero-order valence-corrected chi connectivity index (χ0v) is 19.3. The third-order valence-corrected chi connectivity index (χ3v) is 0. The van der Waals surface area contributed by atoms with Gasteiger partial charge in [0, 0.05) is 33.0 Å². The Morgan fingerprint density at radius 1 is 0.839 bits per heavy atom. The van der Waals surface area contributed by atoms with E-state index in [1.165, 1.54) is 14.0 Å². The van der Waals surface area contributed by atoms with Gasteiger partial charge in [0.1, 0.15) is 0 Å². The molecule has 0 radical (unpaired) electrons. The van der Waals surface area contributed by atoms with E-state index in [0.29, 0.717) is 5.41 Å². The number of alkyl halides is 3. The summed E-state index contributed by atoms with van der Waals surface area (Å²) >= 11 is 0. The predicted molar refractivity (Wildman–Crippen MR) is 140 cm³/mol. The molecule has 31 heavy (non-hydrogen) atoms. The van der Waals surface area contributed by atoms with Crippen LogP contribution in [-0.2, 0) is 4.74 Å². The van der Waals surface area contributed by atoms with Gasteiger partial charge in [-0.15, -0.1) is 0 Å². The SMILES string of the molecule is C.C.C.C.C.CC.CC.CC#N.CC(C)(C)C.CC(F)(F)F.CN.COC.C[N+](=O)[O-]. The van der Waals surface area contributed by atoms with Crippen LogP contribution in [0.15, 0.2) is 0 Å². The fourth-order valence-electron chi connectivity index (χ4n) is 0. The predicted octanol–water partition coefficient (Wildman–Crippen LogP) is 9.11. The van der Waals surface area contributed by atoms with Gasteiger partial charge in [0.25, 0.3) is 0 Å². The topological polar surface area (TPSA) is 102 Å². The van der Waals surface area contributed by atoms with Crippen molar-refractivity contribution in [2.75, 3.05) is 28.3 Å². The highest BCUT2D eigenvalue weighted by Gasteiger charge is 2.15. The van der Waals surface area contributed by atoms with Crippen LogP contribution in [0.25, 0.3) is 0 Å². The third-order valence-electron chi connectivity index (χ3n) is 0. The van der Waals surface area contributed by atoms with Crippen LogP contribution in [0.4, 0.5) is 13.2 Å². The summed E-state index contributed by atoms with van der Waals surface area (Å²) in [6.07, 6.45) is -4.00. The molecule has 0 aliphatic rings. The molecule has 0 aliphatic carbocycles. The number of hydrogen-bond acceptors (Lipinski definition) is 5. The van der Waals surface area contributed by atoms with Crippen LogP contribution in [0, 0.1) is 26.9 Å². The van der Waals surface area contributed by atoms with Gasteiger partial charge in [-0.25, -0.2) is 0 Å². The van der Waals surface area contributed by atoms with Gasteiger partial charge < -0.3 is 10.5 Å². The van der Waals surface area contributed by atoms with Gasteiger partial charge in [0.15, 0.2) is 7.05 Å². The molecule has 0 atom stereocenters. The van der Waals surface area contributed by atoms with Gasteiger partial charge in [0.05, 0.1) is 6.07 Å². The highest BCUT2D eigenvalue weighted by atomic mass is 19.4. The molecule has 0 saturated heterocycles.